The van der Waals surface area contributed by atoms with Crippen molar-refractivity contribution in [3.05, 3.63) is 52.1 Å². The third-order valence-electron chi connectivity index (χ3n) is 2.20. The summed E-state index contributed by atoms with van der Waals surface area (Å²) in [6.45, 7) is 3.40. The van der Waals surface area contributed by atoms with Crippen molar-refractivity contribution < 1.29 is 19.6 Å². The van der Waals surface area contributed by atoms with Crippen LogP contribution in [0.1, 0.15) is 11.7 Å². The number of rotatable bonds is 4. The third kappa shape index (κ3) is 2.88. The first-order valence-electron chi connectivity index (χ1n) is 4.67. The molecule has 0 fully saturated rings. The molecule has 0 unspecified atom stereocenters. The van der Waals surface area contributed by atoms with E-state index in [0.717, 1.165) is 0 Å². The van der Waals surface area contributed by atoms with Crippen molar-refractivity contribution in [2.45, 2.75) is 6.10 Å². The summed E-state index contributed by atoms with van der Waals surface area (Å²) in [4.78, 5) is 21.0. The van der Waals surface area contributed by atoms with Gasteiger partial charge in [0.1, 0.15) is 6.10 Å². The highest BCUT2D eigenvalue weighted by Gasteiger charge is 2.19. The first-order chi connectivity index (χ1) is 7.97. The van der Waals surface area contributed by atoms with E-state index in [0.29, 0.717) is 5.56 Å². The largest absolute Gasteiger partial charge is 0.466 e. The van der Waals surface area contributed by atoms with Gasteiger partial charge >= 0.3 is 5.97 Å². The van der Waals surface area contributed by atoms with Gasteiger partial charge in [-0.3, -0.25) is 10.1 Å². The van der Waals surface area contributed by atoms with E-state index in [1.54, 1.807) is 0 Å². The zero-order valence-corrected chi connectivity index (χ0v) is 9.12. The van der Waals surface area contributed by atoms with Crippen LogP contribution in [-0.4, -0.2) is 23.1 Å². The van der Waals surface area contributed by atoms with Crippen molar-refractivity contribution in [3.63, 3.8) is 0 Å². The Labute approximate surface area is 97.3 Å². The number of aliphatic hydroxyl groups is 1. The molecule has 6 nitrogen and oxygen atoms in total. The number of non-ortho nitro benzene ring substituents is 1. The van der Waals surface area contributed by atoms with E-state index in [2.05, 4.69) is 11.3 Å². The molecule has 0 saturated carbocycles. The first-order valence-corrected chi connectivity index (χ1v) is 4.67. The van der Waals surface area contributed by atoms with E-state index >= 15 is 0 Å². The molecule has 0 aliphatic carbocycles. The smallest absolute Gasteiger partial charge is 0.336 e. The molecule has 0 aromatic heterocycles. The van der Waals surface area contributed by atoms with Gasteiger partial charge in [-0.1, -0.05) is 6.58 Å². The molecule has 1 N–H and O–H groups in total. The second-order valence-electron chi connectivity index (χ2n) is 3.27. The molecular formula is C11H11NO5. The molecule has 0 aliphatic rings. The van der Waals surface area contributed by atoms with Crippen LogP contribution in [0.5, 0.6) is 0 Å². The Morgan fingerprint density at radius 1 is 1.47 bits per heavy atom. The maximum absolute atomic E-state index is 11.1. The minimum atomic E-state index is -1.23. The molecule has 0 heterocycles. The number of nitro groups is 1. The number of carbonyl (C=O) groups excluding carboxylic acids is 1. The normalized spacial score (nSPS) is 11.6. The second-order valence-corrected chi connectivity index (χ2v) is 3.27. The summed E-state index contributed by atoms with van der Waals surface area (Å²) in [7, 11) is 1.18. The Morgan fingerprint density at radius 2 is 2.00 bits per heavy atom. The van der Waals surface area contributed by atoms with Crippen molar-refractivity contribution in [3.8, 4) is 0 Å². The molecule has 0 radical (unpaired) electrons. The van der Waals surface area contributed by atoms with Crippen LogP contribution in [0.4, 0.5) is 5.69 Å². The molecule has 0 bridgehead atoms. The zero-order valence-electron chi connectivity index (χ0n) is 9.12. The van der Waals surface area contributed by atoms with Crippen LogP contribution in [0.25, 0.3) is 0 Å². The fourth-order valence-corrected chi connectivity index (χ4v) is 1.22. The standard InChI is InChI=1S/C11H11NO5/c1-7(11(14)17-2)10(13)8-3-5-9(6-4-8)12(15)16/h3-6,10,13H,1H2,2H3/t10-/m1/s1. The minimum Gasteiger partial charge on any atom is -0.466 e. The number of nitro benzene ring substituents is 1. The number of nitrogens with zero attached hydrogens (tertiary/aromatic N) is 1. The van der Waals surface area contributed by atoms with Crippen LogP contribution in [0, 0.1) is 10.1 Å². The number of methoxy groups -OCH3 is 1. The van der Waals surface area contributed by atoms with Crippen LogP contribution in [-0.2, 0) is 9.53 Å². The lowest BCUT2D eigenvalue weighted by atomic mass is 10.0. The van der Waals surface area contributed by atoms with Gasteiger partial charge in [0.2, 0.25) is 0 Å². The van der Waals surface area contributed by atoms with Crippen LogP contribution < -0.4 is 0 Å². The van der Waals surface area contributed by atoms with E-state index in [1.807, 2.05) is 0 Å². The van der Waals surface area contributed by atoms with Crippen LogP contribution in [0.15, 0.2) is 36.4 Å². The first kappa shape index (κ1) is 12.9. The number of aliphatic hydroxyl groups excluding tert-OH is 1. The highest BCUT2D eigenvalue weighted by Crippen LogP contribution is 2.23. The fraction of sp³-hybridized carbons (Fsp3) is 0.182. The van der Waals surface area contributed by atoms with Gasteiger partial charge in [0.25, 0.3) is 5.69 Å². The van der Waals surface area contributed by atoms with Gasteiger partial charge in [-0.05, 0) is 17.7 Å². The molecule has 6 heteroatoms. The van der Waals surface area contributed by atoms with Crippen molar-refractivity contribution in [1.29, 1.82) is 0 Å². The van der Waals surface area contributed by atoms with Gasteiger partial charge in [-0.25, -0.2) is 4.79 Å². The number of esters is 1. The van der Waals surface area contributed by atoms with Crippen molar-refractivity contribution >= 4 is 11.7 Å². The molecule has 90 valence electrons. The summed E-state index contributed by atoms with van der Waals surface area (Å²) in [6, 6.07) is 5.19. The molecule has 0 aliphatic heterocycles. The van der Waals surface area contributed by atoms with E-state index < -0.39 is 17.0 Å². The Hall–Kier alpha value is -2.21. The Morgan fingerprint density at radius 3 is 2.41 bits per heavy atom. The Kier molecular flexibility index (Phi) is 3.95. The number of ether oxygens (including phenoxy) is 1. The van der Waals surface area contributed by atoms with Crippen molar-refractivity contribution in [2.75, 3.05) is 7.11 Å². The van der Waals surface area contributed by atoms with Crippen LogP contribution in [0.2, 0.25) is 0 Å². The molecule has 1 aromatic carbocycles. The summed E-state index contributed by atoms with van der Waals surface area (Å²) in [5.74, 6) is -0.726. The lowest BCUT2D eigenvalue weighted by Gasteiger charge is -2.11. The van der Waals surface area contributed by atoms with Gasteiger partial charge in [0.05, 0.1) is 17.6 Å². The predicted molar refractivity (Wildman–Crippen MR) is 59.2 cm³/mol. The maximum atomic E-state index is 11.1. The van der Waals surface area contributed by atoms with E-state index in [4.69, 9.17) is 0 Å². The predicted octanol–water partition coefficient (Wildman–Crippen LogP) is 1.36. The Balaban J connectivity index is 2.90. The lowest BCUT2D eigenvalue weighted by molar-refractivity contribution is -0.384. The number of benzene rings is 1. The second kappa shape index (κ2) is 5.22. The highest BCUT2D eigenvalue weighted by molar-refractivity contribution is 5.88. The van der Waals surface area contributed by atoms with Crippen LogP contribution >= 0.6 is 0 Å². The molecule has 1 atom stereocenters. The average Bonchev–Trinajstić information content (AvgIpc) is 2.36. The third-order valence-corrected chi connectivity index (χ3v) is 2.20. The van der Waals surface area contributed by atoms with E-state index in [9.17, 15) is 20.0 Å². The number of hydrogen-bond donors (Lipinski definition) is 1. The van der Waals surface area contributed by atoms with Crippen molar-refractivity contribution in [1.82, 2.24) is 0 Å². The van der Waals surface area contributed by atoms with Gasteiger partial charge in [-0.15, -0.1) is 0 Å². The van der Waals surface area contributed by atoms with Crippen LogP contribution in [0.3, 0.4) is 0 Å². The molecule has 1 rings (SSSR count). The zero-order chi connectivity index (χ0) is 13.0. The summed E-state index contributed by atoms with van der Waals surface area (Å²) >= 11 is 0. The summed E-state index contributed by atoms with van der Waals surface area (Å²) < 4.78 is 4.41. The molecule has 0 spiro atoms. The molecule has 0 amide bonds. The quantitative estimate of drug-likeness (QED) is 0.369. The average molecular weight is 237 g/mol. The summed E-state index contributed by atoms with van der Waals surface area (Å²) in [6.07, 6.45) is -1.23. The van der Waals surface area contributed by atoms with Gasteiger partial charge in [-0.2, -0.15) is 0 Å². The van der Waals surface area contributed by atoms with Crippen molar-refractivity contribution in [2.24, 2.45) is 0 Å². The van der Waals surface area contributed by atoms with E-state index in [-0.39, 0.29) is 11.3 Å². The SMILES string of the molecule is C=C(C(=O)OC)[C@@H](O)c1ccc([N+](=O)[O-])cc1. The fourth-order valence-electron chi connectivity index (χ4n) is 1.22. The van der Waals surface area contributed by atoms with E-state index in [1.165, 1.54) is 31.4 Å². The van der Waals surface area contributed by atoms with Gasteiger partial charge in [0.15, 0.2) is 0 Å². The molecular weight excluding hydrogens is 226 g/mol. The molecule has 1 aromatic rings. The highest BCUT2D eigenvalue weighted by atomic mass is 16.6. The number of carbonyl (C=O) groups is 1. The lowest BCUT2D eigenvalue weighted by Crippen LogP contribution is -2.11. The monoisotopic (exact) mass is 237 g/mol. The number of hydrogen-bond acceptors (Lipinski definition) is 5. The van der Waals surface area contributed by atoms with Gasteiger partial charge < -0.3 is 9.84 Å². The maximum Gasteiger partial charge on any atom is 0.336 e. The summed E-state index contributed by atoms with van der Waals surface area (Å²) in [5.41, 5.74) is 0.122. The Bertz CT molecular complexity index is 451. The molecule has 0 saturated heterocycles. The summed E-state index contributed by atoms with van der Waals surface area (Å²) in [5, 5.41) is 20.2. The minimum absolute atomic E-state index is 0.0929. The molecule has 17 heavy (non-hydrogen) atoms. The topological polar surface area (TPSA) is 89.7 Å². The van der Waals surface area contributed by atoms with Gasteiger partial charge in [0, 0.05) is 12.1 Å².